The summed E-state index contributed by atoms with van der Waals surface area (Å²) in [7, 11) is 0. The molecule has 0 spiro atoms. The zero-order chi connectivity index (χ0) is 9.52. The van der Waals surface area contributed by atoms with Gasteiger partial charge in [-0.15, -0.1) is 0 Å². The second-order valence-corrected chi connectivity index (χ2v) is 3.43. The highest BCUT2D eigenvalue weighted by molar-refractivity contribution is 7.07. The van der Waals surface area contributed by atoms with Gasteiger partial charge in [0.05, 0.1) is 6.61 Å². The monoisotopic (exact) mass is 201 g/mol. The normalized spacial score (nSPS) is 10.3. The number of aryl methyl sites for hydroxylation is 1. The Hall–Kier alpha value is -0.680. The average Bonchev–Trinajstić information content (AvgIpc) is 2.54. The van der Waals surface area contributed by atoms with E-state index in [0.29, 0.717) is 18.3 Å². The van der Waals surface area contributed by atoms with Crippen molar-refractivity contribution < 1.29 is 4.74 Å². The minimum absolute atomic E-state index is 0.636. The van der Waals surface area contributed by atoms with Gasteiger partial charge >= 0.3 is 0 Å². The zero-order valence-corrected chi connectivity index (χ0v) is 8.64. The Morgan fingerprint density at radius 3 is 3.08 bits per heavy atom. The van der Waals surface area contributed by atoms with Gasteiger partial charge in [-0.05, 0) is 19.4 Å². The van der Waals surface area contributed by atoms with Crippen LogP contribution < -0.4 is 10.5 Å². The molecule has 1 heterocycles. The van der Waals surface area contributed by atoms with E-state index in [1.165, 1.54) is 11.5 Å². The lowest BCUT2D eigenvalue weighted by atomic mass is 10.3. The van der Waals surface area contributed by atoms with Gasteiger partial charge in [-0.1, -0.05) is 6.92 Å². The Morgan fingerprint density at radius 1 is 1.54 bits per heavy atom. The van der Waals surface area contributed by atoms with E-state index < -0.39 is 0 Å². The molecule has 0 unspecified atom stereocenters. The number of hydrogen-bond acceptors (Lipinski definition) is 5. The molecule has 0 aliphatic heterocycles. The van der Waals surface area contributed by atoms with Crippen LogP contribution in [0.2, 0.25) is 0 Å². The fourth-order valence-electron chi connectivity index (χ4n) is 0.865. The van der Waals surface area contributed by atoms with E-state index in [1.807, 2.05) is 0 Å². The van der Waals surface area contributed by atoms with Gasteiger partial charge in [0.2, 0.25) is 0 Å². The molecule has 0 aromatic carbocycles. The van der Waals surface area contributed by atoms with Crippen LogP contribution in [0.25, 0.3) is 0 Å². The van der Waals surface area contributed by atoms with Crippen molar-refractivity contribution in [3.05, 3.63) is 5.82 Å². The van der Waals surface area contributed by atoms with Gasteiger partial charge < -0.3 is 10.5 Å². The third kappa shape index (κ3) is 3.69. The highest BCUT2D eigenvalue weighted by Gasteiger charge is 2.02. The summed E-state index contributed by atoms with van der Waals surface area (Å²) in [4.78, 5) is 4.22. The third-order valence-electron chi connectivity index (χ3n) is 1.50. The molecule has 0 amide bonds. The summed E-state index contributed by atoms with van der Waals surface area (Å²) in [5, 5.41) is 0.664. The van der Waals surface area contributed by atoms with Crippen molar-refractivity contribution in [2.45, 2.75) is 26.2 Å². The fraction of sp³-hybridized carbons (Fsp3) is 0.750. The summed E-state index contributed by atoms with van der Waals surface area (Å²) in [6, 6.07) is 0. The van der Waals surface area contributed by atoms with Crippen LogP contribution in [0.1, 0.15) is 25.6 Å². The number of hydrogen-bond donors (Lipinski definition) is 1. The maximum atomic E-state index is 5.34. The third-order valence-corrected chi connectivity index (χ3v) is 2.16. The Bertz CT molecular complexity index is 239. The van der Waals surface area contributed by atoms with E-state index in [0.717, 1.165) is 25.1 Å². The van der Waals surface area contributed by atoms with E-state index in [4.69, 9.17) is 10.5 Å². The molecule has 0 fully saturated rings. The van der Waals surface area contributed by atoms with Gasteiger partial charge in [0.15, 0.2) is 0 Å². The smallest absolute Gasteiger partial charge is 0.293 e. The lowest BCUT2D eigenvalue weighted by Crippen LogP contribution is -2.05. The lowest BCUT2D eigenvalue weighted by Gasteiger charge is -1.97. The quantitative estimate of drug-likeness (QED) is 0.703. The van der Waals surface area contributed by atoms with Crippen molar-refractivity contribution in [2.24, 2.45) is 5.73 Å². The Morgan fingerprint density at radius 2 is 2.38 bits per heavy atom. The first kappa shape index (κ1) is 10.4. The average molecular weight is 201 g/mol. The van der Waals surface area contributed by atoms with Gasteiger partial charge in [-0.25, -0.2) is 0 Å². The fourth-order valence-corrected chi connectivity index (χ4v) is 1.46. The van der Waals surface area contributed by atoms with Gasteiger partial charge in [0, 0.05) is 18.0 Å². The topological polar surface area (TPSA) is 61.0 Å². The van der Waals surface area contributed by atoms with E-state index in [2.05, 4.69) is 16.3 Å². The van der Waals surface area contributed by atoms with Gasteiger partial charge in [-0.3, -0.25) is 0 Å². The maximum absolute atomic E-state index is 5.34. The minimum atomic E-state index is 0.636. The van der Waals surface area contributed by atoms with Crippen LogP contribution >= 0.6 is 11.5 Å². The molecule has 0 radical (unpaired) electrons. The van der Waals surface area contributed by atoms with Crippen molar-refractivity contribution >= 4 is 11.5 Å². The summed E-state index contributed by atoms with van der Waals surface area (Å²) in [6.45, 7) is 3.40. The zero-order valence-electron chi connectivity index (χ0n) is 7.82. The number of rotatable bonds is 6. The van der Waals surface area contributed by atoms with Crippen LogP contribution in [-0.2, 0) is 6.42 Å². The van der Waals surface area contributed by atoms with Gasteiger partial charge in [0.25, 0.3) is 5.19 Å². The Labute approximate surface area is 82.3 Å². The van der Waals surface area contributed by atoms with E-state index >= 15 is 0 Å². The van der Waals surface area contributed by atoms with Crippen molar-refractivity contribution in [1.29, 1.82) is 0 Å². The summed E-state index contributed by atoms with van der Waals surface area (Å²) in [6.07, 6.45) is 2.86. The predicted octanol–water partition coefficient (Wildman–Crippen LogP) is 1.22. The predicted molar refractivity (Wildman–Crippen MR) is 53.1 cm³/mol. The van der Waals surface area contributed by atoms with Crippen molar-refractivity contribution in [2.75, 3.05) is 13.2 Å². The van der Waals surface area contributed by atoms with Crippen LogP contribution in [0.3, 0.4) is 0 Å². The lowest BCUT2D eigenvalue weighted by molar-refractivity contribution is 0.311. The molecule has 0 saturated heterocycles. The van der Waals surface area contributed by atoms with Gasteiger partial charge in [-0.2, -0.15) is 9.36 Å². The SMILES string of the molecule is CCCc1nsc(OCCCN)n1. The molecule has 1 aromatic heterocycles. The molecule has 1 rings (SSSR count). The molecule has 74 valence electrons. The molecule has 2 N–H and O–H groups in total. The molecule has 0 aliphatic carbocycles. The number of aromatic nitrogens is 2. The Kier molecular flexibility index (Phi) is 4.70. The molecule has 0 saturated carbocycles. The summed E-state index contributed by atoms with van der Waals surface area (Å²) >= 11 is 1.32. The standard InChI is InChI=1S/C8H15N3OS/c1-2-4-7-10-8(13-11-7)12-6-3-5-9/h2-6,9H2,1H3. The number of nitrogens with zero attached hydrogens (tertiary/aromatic N) is 2. The minimum Gasteiger partial charge on any atom is -0.469 e. The molecule has 0 atom stereocenters. The summed E-state index contributed by atoms with van der Waals surface area (Å²) in [5.41, 5.74) is 5.33. The molecule has 13 heavy (non-hydrogen) atoms. The molecule has 1 aromatic rings. The van der Waals surface area contributed by atoms with Gasteiger partial charge in [0.1, 0.15) is 5.82 Å². The maximum Gasteiger partial charge on any atom is 0.293 e. The molecule has 4 nitrogen and oxygen atoms in total. The van der Waals surface area contributed by atoms with Crippen molar-refractivity contribution in [3.8, 4) is 5.19 Å². The van der Waals surface area contributed by atoms with Crippen molar-refractivity contribution in [3.63, 3.8) is 0 Å². The molecule has 0 aliphatic rings. The first-order valence-corrected chi connectivity index (χ1v) is 5.29. The summed E-state index contributed by atoms with van der Waals surface area (Å²) in [5.74, 6) is 0.884. The first-order chi connectivity index (χ1) is 6.36. The van der Waals surface area contributed by atoms with Crippen LogP contribution in [0.4, 0.5) is 0 Å². The Balaban J connectivity index is 2.31. The van der Waals surface area contributed by atoms with E-state index in [-0.39, 0.29) is 0 Å². The van der Waals surface area contributed by atoms with Crippen LogP contribution in [-0.4, -0.2) is 22.5 Å². The highest BCUT2D eigenvalue weighted by Crippen LogP contribution is 2.14. The second-order valence-electron chi connectivity index (χ2n) is 2.72. The number of nitrogens with two attached hydrogens (primary N) is 1. The second kappa shape index (κ2) is 5.88. The number of ether oxygens (including phenoxy) is 1. The van der Waals surface area contributed by atoms with Crippen molar-refractivity contribution in [1.82, 2.24) is 9.36 Å². The molecule has 0 bridgehead atoms. The largest absolute Gasteiger partial charge is 0.469 e. The highest BCUT2D eigenvalue weighted by atomic mass is 32.1. The van der Waals surface area contributed by atoms with Crippen LogP contribution in [0, 0.1) is 0 Å². The molecular weight excluding hydrogens is 186 g/mol. The van der Waals surface area contributed by atoms with Crippen LogP contribution in [0.5, 0.6) is 5.19 Å². The van der Waals surface area contributed by atoms with E-state index in [9.17, 15) is 0 Å². The molecular formula is C8H15N3OS. The summed E-state index contributed by atoms with van der Waals surface area (Å²) < 4.78 is 9.50. The van der Waals surface area contributed by atoms with Crippen LogP contribution in [0.15, 0.2) is 0 Å². The van der Waals surface area contributed by atoms with E-state index in [1.54, 1.807) is 0 Å². The first-order valence-electron chi connectivity index (χ1n) is 4.52. The molecule has 5 heteroatoms.